The number of piperidine rings is 1. The first kappa shape index (κ1) is 14.3. The van der Waals surface area contributed by atoms with Crippen LogP contribution in [0.15, 0.2) is 24.3 Å². The van der Waals surface area contributed by atoms with Gasteiger partial charge >= 0.3 is 0 Å². The van der Waals surface area contributed by atoms with E-state index in [2.05, 4.69) is 0 Å². The Morgan fingerprint density at radius 1 is 1.41 bits per heavy atom. The lowest BCUT2D eigenvalue weighted by Gasteiger charge is -2.31. The molecule has 1 aliphatic heterocycles. The molecule has 2 N–H and O–H groups in total. The van der Waals surface area contributed by atoms with Crippen LogP contribution in [0, 0.1) is 0 Å². The van der Waals surface area contributed by atoms with Gasteiger partial charge in [-0.25, -0.2) is 0 Å². The number of amides is 1. The molecule has 94 valence electrons. The number of hydrogen-bond donors (Lipinski definition) is 1. The molecule has 17 heavy (non-hydrogen) atoms. The summed E-state index contributed by atoms with van der Waals surface area (Å²) in [6, 6.07) is 7.23. The highest BCUT2D eigenvalue weighted by Crippen LogP contribution is 2.19. The van der Waals surface area contributed by atoms with Crippen LogP contribution in [0.25, 0.3) is 0 Å². The number of benzene rings is 1. The van der Waals surface area contributed by atoms with Crippen LogP contribution in [0.5, 0.6) is 0 Å². The molecule has 1 aromatic carbocycles. The topological polar surface area (TPSA) is 46.3 Å². The van der Waals surface area contributed by atoms with Gasteiger partial charge < -0.3 is 10.6 Å². The van der Waals surface area contributed by atoms with E-state index < -0.39 is 0 Å². The van der Waals surface area contributed by atoms with Crippen molar-refractivity contribution in [2.24, 2.45) is 5.73 Å². The second kappa shape index (κ2) is 6.24. The molecule has 0 aliphatic carbocycles. The fourth-order valence-corrected chi connectivity index (χ4v) is 2.22. The molecule has 1 fully saturated rings. The third kappa shape index (κ3) is 3.35. The third-order valence-corrected chi connectivity index (χ3v) is 3.18. The van der Waals surface area contributed by atoms with Gasteiger partial charge in [0, 0.05) is 19.1 Å². The molecule has 1 amide bonds. The molecule has 1 unspecified atom stereocenters. The molecule has 2 rings (SSSR count). The Morgan fingerprint density at radius 3 is 2.76 bits per heavy atom. The zero-order valence-electron chi connectivity index (χ0n) is 9.43. The number of rotatable bonds is 1. The van der Waals surface area contributed by atoms with Gasteiger partial charge in [0.25, 0.3) is 5.91 Å². The summed E-state index contributed by atoms with van der Waals surface area (Å²) < 4.78 is 0. The molecular weight excluding hydrogens is 259 g/mol. The minimum atomic E-state index is -0.0132. The molecular formula is C12H16Cl2N2O. The summed E-state index contributed by atoms with van der Waals surface area (Å²) in [5.41, 5.74) is 6.42. The van der Waals surface area contributed by atoms with Crippen molar-refractivity contribution in [3.63, 3.8) is 0 Å². The SMILES string of the molecule is Cl.NC1CCCN(C(=O)c2ccccc2Cl)C1. The summed E-state index contributed by atoms with van der Waals surface area (Å²) in [5, 5.41) is 0.506. The summed E-state index contributed by atoms with van der Waals surface area (Å²) in [4.78, 5) is 13.9. The normalized spacial score (nSPS) is 19.6. The summed E-state index contributed by atoms with van der Waals surface area (Å²) >= 11 is 6.00. The Balaban J connectivity index is 0.00000144. The molecule has 1 saturated heterocycles. The maximum Gasteiger partial charge on any atom is 0.255 e. The number of carbonyl (C=O) groups is 1. The smallest absolute Gasteiger partial charge is 0.255 e. The molecule has 1 atom stereocenters. The number of likely N-dealkylation sites (tertiary alicyclic amines) is 1. The maximum absolute atomic E-state index is 12.2. The van der Waals surface area contributed by atoms with Gasteiger partial charge in [-0.2, -0.15) is 0 Å². The van der Waals surface area contributed by atoms with Crippen LogP contribution in [0.1, 0.15) is 23.2 Å². The molecule has 1 aromatic rings. The van der Waals surface area contributed by atoms with E-state index in [1.165, 1.54) is 0 Å². The predicted octanol–water partition coefficient (Wildman–Crippen LogP) is 2.33. The monoisotopic (exact) mass is 274 g/mol. The zero-order chi connectivity index (χ0) is 11.5. The van der Waals surface area contributed by atoms with Gasteiger partial charge in [-0.05, 0) is 25.0 Å². The van der Waals surface area contributed by atoms with Crippen LogP contribution in [-0.4, -0.2) is 29.9 Å². The average Bonchev–Trinajstić information content (AvgIpc) is 2.29. The van der Waals surface area contributed by atoms with Gasteiger partial charge in [-0.3, -0.25) is 4.79 Å². The Morgan fingerprint density at radius 2 is 2.12 bits per heavy atom. The minimum Gasteiger partial charge on any atom is -0.337 e. The van der Waals surface area contributed by atoms with Crippen molar-refractivity contribution in [1.82, 2.24) is 4.90 Å². The zero-order valence-corrected chi connectivity index (χ0v) is 11.0. The number of halogens is 2. The highest BCUT2D eigenvalue weighted by atomic mass is 35.5. The van der Waals surface area contributed by atoms with Crippen LogP contribution < -0.4 is 5.73 Å². The van der Waals surface area contributed by atoms with Crippen molar-refractivity contribution >= 4 is 29.9 Å². The second-order valence-corrected chi connectivity index (χ2v) is 4.54. The molecule has 3 nitrogen and oxygen atoms in total. The van der Waals surface area contributed by atoms with E-state index in [1.807, 2.05) is 12.1 Å². The van der Waals surface area contributed by atoms with E-state index in [0.29, 0.717) is 17.1 Å². The van der Waals surface area contributed by atoms with E-state index in [1.54, 1.807) is 17.0 Å². The van der Waals surface area contributed by atoms with Crippen molar-refractivity contribution in [2.75, 3.05) is 13.1 Å². The lowest BCUT2D eigenvalue weighted by atomic mass is 10.1. The molecule has 0 saturated carbocycles. The van der Waals surface area contributed by atoms with Crippen LogP contribution in [0.3, 0.4) is 0 Å². The van der Waals surface area contributed by atoms with E-state index in [4.69, 9.17) is 17.3 Å². The molecule has 0 aromatic heterocycles. The molecule has 0 radical (unpaired) electrons. The molecule has 0 bridgehead atoms. The first-order valence-corrected chi connectivity index (χ1v) is 5.85. The molecule has 0 spiro atoms. The Labute approximate surface area is 112 Å². The first-order chi connectivity index (χ1) is 7.68. The standard InChI is InChI=1S/C12H15ClN2O.ClH/c13-11-6-2-1-5-10(11)12(16)15-7-3-4-9(14)8-15;/h1-2,5-6,9H,3-4,7-8,14H2;1H. The number of carbonyl (C=O) groups excluding carboxylic acids is 1. The van der Waals surface area contributed by atoms with Gasteiger partial charge in [-0.1, -0.05) is 23.7 Å². The van der Waals surface area contributed by atoms with Crippen molar-refractivity contribution in [3.8, 4) is 0 Å². The van der Waals surface area contributed by atoms with Crippen molar-refractivity contribution < 1.29 is 4.79 Å². The minimum absolute atomic E-state index is 0. The van der Waals surface area contributed by atoms with Crippen LogP contribution in [0.2, 0.25) is 5.02 Å². The second-order valence-electron chi connectivity index (χ2n) is 4.13. The highest BCUT2D eigenvalue weighted by Gasteiger charge is 2.23. The molecule has 1 heterocycles. The van der Waals surface area contributed by atoms with Crippen molar-refractivity contribution in [2.45, 2.75) is 18.9 Å². The summed E-state index contributed by atoms with van der Waals surface area (Å²) in [7, 11) is 0. The predicted molar refractivity (Wildman–Crippen MR) is 71.8 cm³/mol. The van der Waals surface area contributed by atoms with Crippen LogP contribution >= 0.6 is 24.0 Å². The fraction of sp³-hybridized carbons (Fsp3) is 0.417. The fourth-order valence-electron chi connectivity index (χ4n) is 2.00. The van der Waals surface area contributed by atoms with Crippen LogP contribution in [-0.2, 0) is 0 Å². The number of nitrogens with zero attached hydrogens (tertiary/aromatic N) is 1. The largest absolute Gasteiger partial charge is 0.337 e. The molecule has 5 heteroatoms. The quantitative estimate of drug-likeness (QED) is 0.855. The highest BCUT2D eigenvalue weighted by molar-refractivity contribution is 6.33. The summed E-state index contributed by atoms with van der Waals surface area (Å²) in [6.07, 6.45) is 1.96. The van der Waals surface area contributed by atoms with Gasteiger partial charge in [0.1, 0.15) is 0 Å². The van der Waals surface area contributed by atoms with E-state index >= 15 is 0 Å². The van der Waals surface area contributed by atoms with Crippen molar-refractivity contribution in [1.29, 1.82) is 0 Å². The summed E-state index contributed by atoms with van der Waals surface area (Å²) in [6.45, 7) is 1.40. The Bertz CT molecular complexity index is 398. The van der Waals surface area contributed by atoms with E-state index in [-0.39, 0.29) is 24.4 Å². The lowest BCUT2D eigenvalue weighted by molar-refractivity contribution is 0.0709. The Hall–Kier alpha value is -0.770. The Kier molecular flexibility index (Phi) is 5.25. The van der Waals surface area contributed by atoms with E-state index in [9.17, 15) is 4.79 Å². The van der Waals surface area contributed by atoms with Gasteiger partial charge in [0.2, 0.25) is 0 Å². The van der Waals surface area contributed by atoms with Crippen molar-refractivity contribution in [3.05, 3.63) is 34.9 Å². The number of nitrogens with two attached hydrogens (primary N) is 1. The van der Waals surface area contributed by atoms with Gasteiger partial charge in [0.15, 0.2) is 0 Å². The average molecular weight is 275 g/mol. The maximum atomic E-state index is 12.2. The summed E-state index contributed by atoms with van der Waals surface area (Å²) in [5.74, 6) is -0.0132. The molecule has 1 aliphatic rings. The first-order valence-electron chi connectivity index (χ1n) is 5.48. The van der Waals surface area contributed by atoms with Gasteiger partial charge in [0.05, 0.1) is 10.6 Å². The van der Waals surface area contributed by atoms with E-state index in [0.717, 1.165) is 19.4 Å². The lowest BCUT2D eigenvalue weighted by Crippen LogP contribution is -2.45. The number of hydrogen-bond acceptors (Lipinski definition) is 2. The van der Waals surface area contributed by atoms with Gasteiger partial charge in [-0.15, -0.1) is 12.4 Å². The third-order valence-electron chi connectivity index (χ3n) is 2.85. The van der Waals surface area contributed by atoms with Crippen LogP contribution in [0.4, 0.5) is 0 Å².